The summed E-state index contributed by atoms with van der Waals surface area (Å²) in [5.41, 5.74) is 1.46. The van der Waals surface area contributed by atoms with Gasteiger partial charge in [-0.3, -0.25) is 4.90 Å². The first kappa shape index (κ1) is 15.7. The zero-order chi connectivity index (χ0) is 13.2. The van der Waals surface area contributed by atoms with Gasteiger partial charge in [-0.25, -0.2) is 0 Å². The highest BCUT2D eigenvalue weighted by Gasteiger charge is 2.13. The third-order valence-electron chi connectivity index (χ3n) is 3.58. The molecule has 0 aromatic heterocycles. The highest BCUT2D eigenvalue weighted by molar-refractivity contribution is 9.09. The fourth-order valence-electron chi connectivity index (χ4n) is 2.52. The first-order valence-electron chi connectivity index (χ1n) is 7.15. The van der Waals surface area contributed by atoms with Crippen LogP contribution in [-0.4, -0.2) is 29.4 Å². The van der Waals surface area contributed by atoms with Gasteiger partial charge in [-0.2, -0.15) is 0 Å². The normalized spacial score (nSPS) is 11.4. The maximum Gasteiger partial charge on any atom is 0.0159 e. The Labute approximate surface area is 121 Å². The molecule has 0 N–H and O–H groups in total. The summed E-state index contributed by atoms with van der Waals surface area (Å²) >= 11 is 3.57. The number of hydrogen-bond donors (Lipinski definition) is 0. The zero-order valence-electron chi connectivity index (χ0n) is 11.7. The van der Waals surface area contributed by atoms with Crippen LogP contribution in [-0.2, 0) is 6.42 Å². The van der Waals surface area contributed by atoms with E-state index < -0.39 is 0 Å². The van der Waals surface area contributed by atoms with E-state index in [-0.39, 0.29) is 0 Å². The van der Waals surface area contributed by atoms with Crippen molar-refractivity contribution in [2.45, 2.75) is 45.6 Å². The monoisotopic (exact) mass is 311 g/mol. The minimum Gasteiger partial charge on any atom is -0.300 e. The van der Waals surface area contributed by atoms with Gasteiger partial charge in [-0.05, 0) is 37.8 Å². The van der Waals surface area contributed by atoms with Gasteiger partial charge < -0.3 is 0 Å². The molecule has 1 aromatic rings. The lowest BCUT2D eigenvalue weighted by Gasteiger charge is -2.29. The molecule has 0 atom stereocenters. The van der Waals surface area contributed by atoms with Crippen molar-refractivity contribution in [3.05, 3.63) is 35.9 Å². The molecule has 0 aliphatic carbocycles. The first-order valence-corrected chi connectivity index (χ1v) is 8.27. The number of benzene rings is 1. The van der Waals surface area contributed by atoms with E-state index in [4.69, 9.17) is 0 Å². The Bertz CT molecular complexity index is 295. The van der Waals surface area contributed by atoms with Gasteiger partial charge in [0.25, 0.3) is 0 Å². The van der Waals surface area contributed by atoms with Crippen LogP contribution in [0.2, 0.25) is 0 Å². The van der Waals surface area contributed by atoms with Gasteiger partial charge in [0, 0.05) is 17.9 Å². The van der Waals surface area contributed by atoms with Gasteiger partial charge >= 0.3 is 0 Å². The summed E-state index contributed by atoms with van der Waals surface area (Å²) < 4.78 is 0. The maximum absolute atomic E-state index is 3.57. The summed E-state index contributed by atoms with van der Waals surface area (Å²) in [5, 5.41) is 1.08. The first-order chi connectivity index (χ1) is 8.81. The van der Waals surface area contributed by atoms with E-state index in [0.717, 1.165) is 11.4 Å². The fraction of sp³-hybridized carbons (Fsp3) is 0.625. The molecule has 1 rings (SSSR count). The lowest BCUT2D eigenvalue weighted by Crippen LogP contribution is -2.36. The van der Waals surface area contributed by atoms with Gasteiger partial charge in [0.2, 0.25) is 0 Å². The molecular formula is C16H26BrN. The Balaban J connectivity index is 2.37. The molecule has 1 aromatic carbocycles. The van der Waals surface area contributed by atoms with Crippen LogP contribution < -0.4 is 0 Å². The molecule has 0 radical (unpaired) electrons. The number of hydrogen-bond acceptors (Lipinski definition) is 1. The summed E-state index contributed by atoms with van der Waals surface area (Å²) in [6.07, 6.45) is 4.97. The van der Waals surface area contributed by atoms with Crippen LogP contribution in [0, 0.1) is 0 Å². The smallest absolute Gasteiger partial charge is 0.0159 e. The van der Waals surface area contributed by atoms with Crippen LogP contribution in [0.15, 0.2) is 30.3 Å². The van der Waals surface area contributed by atoms with Crippen molar-refractivity contribution in [2.75, 3.05) is 18.4 Å². The van der Waals surface area contributed by atoms with E-state index >= 15 is 0 Å². The second-order valence-electron chi connectivity index (χ2n) is 4.78. The number of rotatable bonds is 9. The van der Waals surface area contributed by atoms with E-state index in [1.54, 1.807) is 0 Å². The van der Waals surface area contributed by atoms with Gasteiger partial charge in [0.15, 0.2) is 0 Å². The van der Waals surface area contributed by atoms with E-state index in [2.05, 4.69) is 65.0 Å². The number of alkyl halides is 1. The lowest BCUT2D eigenvalue weighted by atomic mass is 10.1. The molecule has 0 heterocycles. The molecule has 0 saturated heterocycles. The van der Waals surface area contributed by atoms with E-state index in [0.29, 0.717) is 0 Å². The molecule has 2 heteroatoms. The third kappa shape index (κ3) is 5.53. The molecule has 0 fully saturated rings. The van der Waals surface area contributed by atoms with E-state index in [1.165, 1.54) is 44.3 Å². The summed E-state index contributed by atoms with van der Waals surface area (Å²) in [5.74, 6) is 0. The quantitative estimate of drug-likeness (QED) is 0.607. The number of halogens is 1. The maximum atomic E-state index is 3.57. The van der Waals surface area contributed by atoms with Crippen LogP contribution in [0.5, 0.6) is 0 Å². The largest absolute Gasteiger partial charge is 0.300 e. The number of aryl methyl sites for hydroxylation is 1. The molecule has 18 heavy (non-hydrogen) atoms. The van der Waals surface area contributed by atoms with Gasteiger partial charge in [-0.1, -0.05) is 60.1 Å². The minimum absolute atomic E-state index is 0.748. The van der Waals surface area contributed by atoms with Crippen LogP contribution >= 0.6 is 15.9 Å². The van der Waals surface area contributed by atoms with E-state index in [9.17, 15) is 0 Å². The molecule has 0 aliphatic rings. The molecular weight excluding hydrogens is 286 g/mol. The molecule has 0 unspecified atom stereocenters. The molecule has 0 amide bonds. The van der Waals surface area contributed by atoms with Crippen molar-refractivity contribution in [1.29, 1.82) is 0 Å². The topological polar surface area (TPSA) is 3.24 Å². The van der Waals surface area contributed by atoms with Crippen molar-refractivity contribution < 1.29 is 0 Å². The minimum atomic E-state index is 0.748. The van der Waals surface area contributed by atoms with Crippen molar-refractivity contribution in [1.82, 2.24) is 4.90 Å². The number of nitrogens with zero attached hydrogens (tertiary/aromatic N) is 1. The van der Waals surface area contributed by atoms with Crippen LogP contribution in [0.25, 0.3) is 0 Å². The van der Waals surface area contributed by atoms with Crippen LogP contribution in [0.4, 0.5) is 0 Å². The lowest BCUT2D eigenvalue weighted by molar-refractivity contribution is 0.195. The Morgan fingerprint density at radius 1 is 1.06 bits per heavy atom. The Kier molecular flexibility index (Phi) is 8.36. The predicted molar refractivity (Wildman–Crippen MR) is 84.5 cm³/mol. The highest BCUT2D eigenvalue weighted by atomic mass is 79.9. The molecule has 102 valence electrons. The van der Waals surface area contributed by atoms with Gasteiger partial charge in [-0.15, -0.1) is 0 Å². The molecule has 0 saturated carbocycles. The second-order valence-corrected chi connectivity index (χ2v) is 5.58. The molecule has 0 bridgehead atoms. The van der Waals surface area contributed by atoms with Crippen molar-refractivity contribution in [3.63, 3.8) is 0 Å². The molecule has 0 spiro atoms. The average molecular weight is 312 g/mol. The highest BCUT2D eigenvalue weighted by Crippen LogP contribution is 2.11. The van der Waals surface area contributed by atoms with Gasteiger partial charge in [0.1, 0.15) is 0 Å². The van der Waals surface area contributed by atoms with Crippen molar-refractivity contribution in [3.8, 4) is 0 Å². The SMILES string of the molecule is CCC(CC)N(CCBr)CCCc1ccccc1. The van der Waals surface area contributed by atoms with Crippen LogP contribution in [0.1, 0.15) is 38.7 Å². The summed E-state index contributed by atoms with van der Waals surface area (Å²) in [6, 6.07) is 11.6. The third-order valence-corrected chi connectivity index (χ3v) is 3.94. The molecule has 0 aliphatic heterocycles. The standard InChI is InChI=1S/C16H26BrN/c1-3-16(4-2)18(14-12-17)13-8-11-15-9-6-5-7-10-15/h5-7,9-10,16H,3-4,8,11-14H2,1-2H3. The van der Waals surface area contributed by atoms with Crippen molar-refractivity contribution in [2.24, 2.45) is 0 Å². The fourth-order valence-corrected chi connectivity index (χ4v) is 2.98. The van der Waals surface area contributed by atoms with E-state index in [1.807, 2.05) is 0 Å². The zero-order valence-corrected chi connectivity index (χ0v) is 13.3. The van der Waals surface area contributed by atoms with Crippen LogP contribution in [0.3, 0.4) is 0 Å². The average Bonchev–Trinajstić information content (AvgIpc) is 2.41. The summed E-state index contributed by atoms with van der Waals surface area (Å²) in [6.45, 7) is 6.98. The molecule has 1 nitrogen and oxygen atoms in total. The Morgan fingerprint density at radius 3 is 2.28 bits per heavy atom. The Morgan fingerprint density at radius 2 is 1.72 bits per heavy atom. The van der Waals surface area contributed by atoms with Gasteiger partial charge in [0.05, 0.1) is 0 Å². The van der Waals surface area contributed by atoms with Crippen molar-refractivity contribution >= 4 is 15.9 Å². The summed E-state index contributed by atoms with van der Waals surface area (Å²) in [7, 11) is 0. The predicted octanol–water partition coefficient (Wildman–Crippen LogP) is 4.50. The summed E-state index contributed by atoms with van der Waals surface area (Å²) in [4.78, 5) is 2.64. The Hall–Kier alpha value is -0.340. The second kappa shape index (κ2) is 9.57.